The first-order valence-corrected chi connectivity index (χ1v) is 7.28. The third-order valence-electron chi connectivity index (χ3n) is 2.43. The van der Waals surface area contributed by atoms with E-state index in [2.05, 4.69) is 4.72 Å². The normalized spacial score (nSPS) is 11.3. The molecule has 0 saturated heterocycles. The van der Waals surface area contributed by atoms with Crippen LogP contribution in [0.4, 0.5) is 5.69 Å². The number of hydrogen-bond donors (Lipinski definition) is 2. The molecule has 0 bridgehead atoms. The van der Waals surface area contributed by atoms with Crippen molar-refractivity contribution in [2.75, 3.05) is 4.72 Å². The molecule has 0 spiro atoms. The highest BCUT2D eigenvalue weighted by Crippen LogP contribution is 2.26. The number of furan rings is 1. The molecule has 0 amide bonds. The molecule has 0 aliphatic carbocycles. The van der Waals surface area contributed by atoms with E-state index in [1.165, 1.54) is 6.07 Å². The number of sulfonamides is 1. The first kappa shape index (κ1) is 14.4. The van der Waals surface area contributed by atoms with Crippen molar-refractivity contribution in [2.24, 2.45) is 0 Å². The van der Waals surface area contributed by atoms with Gasteiger partial charge in [-0.2, -0.15) is 8.42 Å². The lowest BCUT2D eigenvalue weighted by Crippen LogP contribution is -2.12. The van der Waals surface area contributed by atoms with Gasteiger partial charge >= 0.3 is 5.97 Å². The molecule has 6 nitrogen and oxygen atoms in total. The molecule has 0 radical (unpaired) electrons. The van der Waals surface area contributed by atoms with Gasteiger partial charge in [0.2, 0.25) is 10.9 Å². The van der Waals surface area contributed by atoms with Crippen LogP contribution in [0.5, 0.6) is 0 Å². The highest BCUT2D eigenvalue weighted by Gasteiger charge is 2.21. The lowest BCUT2D eigenvalue weighted by Gasteiger charge is -2.08. The molecule has 0 aliphatic rings. The number of nitrogens with one attached hydrogen (secondary N) is 1. The maximum Gasteiger partial charge on any atom is 0.371 e. The van der Waals surface area contributed by atoms with Crippen LogP contribution in [-0.2, 0) is 10.0 Å². The third kappa shape index (κ3) is 2.94. The van der Waals surface area contributed by atoms with Crippen LogP contribution in [0.15, 0.2) is 39.8 Å². The van der Waals surface area contributed by atoms with Crippen molar-refractivity contribution >= 4 is 33.3 Å². The number of carboxylic acid groups (broad SMARTS) is 1. The lowest BCUT2D eigenvalue weighted by molar-refractivity contribution is 0.0656. The number of aryl methyl sites for hydroxylation is 1. The van der Waals surface area contributed by atoms with Crippen molar-refractivity contribution in [3.05, 3.63) is 46.7 Å². The molecule has 0 aliphatic heterocycles. The SMILES string of the molecule is Cc1ccc(NS(=O)(=O)c2ccc(C(=O)O)o2)c(Cl)c1. The average Bonchev–Trinajstić information content (AvgIpc) is 2.83. The van der Waals surface area contributed by atoms with Gasteiger partial charge < -0.3 is 9.52 Å². The van der Waals surface area contributed by atoms with Crippen molar-refractivity contribution in [2.45, 2.75) is 12.0 Å². The van der Waals surface area contributed by atoms with Crippen molar-refractivity contribution in [3.8, 4) is 0 Å². The molecule has 0 fully saturated rings. The van der Waals surface area contributed by atoms with Gasteiger partial charge in [-0.15, -0.1) is 0 Å². The second-order valence-electron chi connectivity index (χ2n) is 4.01. The van der Waals surface area contributed by atoms with Crippen LogP contribution >= 0.6 is 11.6 Å². The minimum absolute atomic E-state index is 0.186. The fraction of sp³-hybridized carbons (Fsp3) is 0.0833. The number of rotatable bonds is 4. The molecular weight excluding hydrogens is 306 g/mol. The van der Waals surface area contributed by atoms with E-state index in [0.29, 0.717) is 0 Å². The summed E-state index contributed by atoms with van der Waals surface area (Å²) in [4.78, 5) is 10.7. The number of anilines is 1. The summed E-state index contributed by atoms with van der Waals surface area (Å²) < 4.78 is 31.0. The molecule has 1 aromatic carbocycles. The Kier molecular flexibility index (Phi) is 3.74. The second kappa shape index (κ2) is 5.18. The van der Waals surface area contributed by atoms with Crippen LogP contribution in [0.25, 0.3) is 0 Å². The predicted octanol–water partition coefficient (Wildman–Crippen LogP) is 2.74. The Labute approximate surface area is 120 Å². The molecule has 2 aromatic rings. The molecule has 106 valence electrons. The van der Waals surface area contributed by atoms with E-state index in [9.17, 15) is 13.2 Å². The Hall–Kier alpha value is -1.99. The molecule has 0 atom stereocenters. The van der Waals surface area contributed by atoms with Crippen molar-refractivity contribution < 1.29 is 22.7 Å². The van der Waals surface area contributed by atoms with E-state index in [1.54, 1.807) is 12.1 Å². The van der Waals surface area contributed by atoms with Gasteiger partial charge in [0.15, 0.2) is 0 Å². The fourth-order valence-corrected chi connectivity index (χ4v) is 2.83. The monoisotopic (exact) mass is 315 g/mol. The summed E-state index contributed by atoms with van der Waals surface area (Å²) in [5, 5.41) is 8.44. The van der Waals surface area contributed by atoms with Crippen LogP contribution < -0.4 is 4.72 Å². The van der Waals surface area contributed by atoms with Crippen LogP contribution in [0.3, 0.4) is 0 Å². The van der Waals surface area contributed by atoms with Crippen LogP contribution in [0.1, 0.15) is 16.1 Å². The van der Waals surface area contributed by atoms with Gasteiger partial charge in [0, 0.05) is 0 Å². The maximum atomic E-state index is 12.0. The molecule has 0 saturated carbocycles. The zero-order valence-electron chi connectivity index (χ0n) is 10.3. The molecule has 2 rings (SSSR count). The zero-order valence-corrected chi connectivity index (χ0v) is 11.8. The standard InChI is InChI=1S/C12H10ClNO5S/c1-7-2-3-9(8(13)6-7)14-20(17,18)11-5-4-10(19-11)12(15)16/h2-6,14H,1H3,(H,15,16). The minimum Gasteiger partial charge on any atom is -0.475 e. The predicted molar refractivity (Wildman–Crippen MR) is 72.7 cm³/mol. The van der Waals surface area contributed by atoms with E-state index in [4.69, 9.17) is 21.1 Å². The molecule has 8 heteroatoms. The first-order chi connectivity index (χ1) is 9.29. The Morgan fingerprint density at radius 2 is 2.00 bits per heavy atom. The third-order valence-corrected chi connectivity index (χ3v) is 3.98. The smallest absolute Gasteiger partial charge is 0.371 e. The van der Waals surface area contributed by atoms with Crippen LogP contribution in [0.2, 0.25) is 5.02 Å². The lowest BCUT2D eigenvalue weighted by atomic mass is 10.2. The average molecular weight is 316 g/mol. The van der Waals surface area contributed by atoms with E-state index >= 15 is 0 Å². The van der Waals surface area contributed by atoms with E-state index in [1.807, 2.05) is 6.92 Å². The van der Waals surface area contributed by atoms with E-state index in [0.717, 1.165) is 17.7 Å². The van der Waals surface area contributed by atoms with Crippen molar-refractivity contribution in [3.63, 3.8) is 0 Å². The van der Waals surface area contributed by atoms with Gasteiger partial charge in [-0.3, -0.25) is 4.72 Å². The van der Waals surface area contributed by atoms with Gasteiger partial charge in [-0.1, -0.05) is 17.7 Å². The summed E-state index contributed by atoms with van der Waals surface area (Å²) in [6.07, 6.45) is 0. The van der Waals surface area contributed by atoms with Crippen molar-refractivity contribution in [1.29, 1.82) is 0 Å². The van der Waals surface area contributed by atoms with Gasteiger partial charge in [0.05, 0.1) is 10.7 Å². The first-order valence-electron chi connectivity index (χ1n) is 5.42. The zero-order chi connectivity index (χ0) is 14.9. The molecule has 2 N–H and O–H groups in total. The quantitative estimate of drug-likeness (QED) is 0.904. The van der Waals surface area contributed by atoms with Crippen LogP contribution in [-0.4, -0.2) is 19.5 Å². The largest absolute Gasteiger partial charge is 0.475 e. The Morgan fingerprint density at radius 3 is 2.55 bits per heavy atom. The maximum absolute atomic E-state index is 12.0. The Balaban J connectivity index is 2.33. The Morgan fingerprint density at radius 1 is 1.30 bits per heavy atom. The molecule has 1 heterocycles. The summed E-state index contributed by atoms with van der Waals surface area (Å²) in [5.74, 6) is -1.81. The van der Waals surface area contributed by atoms with Gasteiger partial charge in [-0.05, 0) is 36.8 Å². The summed E-state index contributed by atoms with van der Waals surface area (Å²) in [7, 11) is -4.03. The van der Waals surface area contributed by atoms with Gasteiger partial charge in [0.25, 0.3) is 10.0 Å². The number of halogens is 1. The topological polar surface area (TPSA) is 96.6 Å². The summed E-state index contributed by atoms with van der Waals surface area (Å²) >= 11 is 5.93. The number of aromatic carboxylic acids is 1. The molecule has 0 unspecified atom stereocenters. The van der Waals surface area contributed by atoms with Gasteiger partial charge in [0.1, 0.15) is 0 Å². The number of carboxylic acids is 1. The summed E-state index contributed by atoms with van der Waals surface area (Å²) in [6, 6.07) is 6.93. The molecule has 1 aromatic heterocycles. The second-order valence-corrected chi connectivity index (χ2v) is 6.03. The summed E-state index contributed by atoms with van der Waals surface area (Å²) in [5.41, 5.74) is 1.06. The highest BCUT2D eigenvalue weighted by molar-refractivity contribution is 7.92. The number of carbonyl (C=O) groups is 1. The number of hydrogen-bond acceptors (Lipinski definition) is 4. The summed E-state index contributed by atoms with van der Waals surface area (Å²) in [6.45, 7) is 1.82. The highest BCUT2D eigenvalue weighted by atomic mass is 35.5. The van der Waals surface area contributed by atoms with E-state index in [-0.39, 0.29) is 10.7 Å². The molecular formula is C12H10ClNO5S. The number of benzene rings is 1. The minimum atomic E-state index is -4.03. The van der Waals surface area contributed by atoms with E-state index < -0.39 is 26.8 Å². The Bertz CT molecular complexity index is 766. The van der Waals surface area contributed by atoms with Gasteiger partial charge in [-0.25, -0.2) is 4.79 Å². The molecule has 20 heavy (non-hydrogen) atoms. The van der Waals surface area contributed by atoms with Crippen molar-refractivity contribution in [1.82, 2.24) is 0 Å². The fourth-order valence-electron chi connectivity index (χ4n) is 1.48. The van der Waals surface area contributed by atoms with Crippen LogP contribution in [0, 0.1) is 6.92 Å².